The normalized spacial score (nSPS) is 17.0. The number of Topliss-reactive ketones (excluding diaryl/α,β-unsaturated/α-hetero) is 1. The number of sulfone groups is 1. The molecule has 1 aromatic rings. The molecule has 1 heterocycles. The molecule has 116 valence electrons. The monoisotopic (exact) mass is 310 g/mol. The largest absolute Gasteiger partial charge is 0.369 e. The average Bonchev–Trinajstić information content (AvgIpc) is 2.45. The fraction of sp³-hybridized carbons (Fsp3) is 0.533. The van der Waals surface area contributed by atoms with Gasteiger partial charge in [0.05, 0.1) is 5.75 Å². The molecule has 0 aromatic heterocycles. The summed E-state index contributed by atoms with van der Waals surface area (Å²) < 4.78 is 22.4. The Morgan fingerprint density at radius 2 is 1.67 bits per heavy atom. The van der Waals surface area contributed by atoms with Crippen molar-refractivity contribution >= 4 is 21.3 Å². The van der Waals surface area contributed by atoms with Gasteiger partial charge in [-0.2, -0.15) is 0 Å². The number of piperazine rings is 1. The Morgan fingerprint density at radius 1 is 1.10 bits per heavy atom. The number of anilines is 1. The van der Waals surface area contributed by atoms with Gasteiger partial charge in [0.15, 0.2) is 5.78 Å². The van der Waals surface area contributed by atoms with E-state index < -0.39 is 9.84 Å². The molecule has 0 atom stereocenters. The highest BCUT2D eigenvalue weighted by Gasteiger charge is 2.18. The molecule has 0 aliphatic carbocycles. The number of carbonyl (C=O) groups excluding carboxylic acids is 1. The van der Waals surface area contributed by atoms with E-state index in [0.717, 1.165) is 37.4 Å². The minimum absolute atomic E-state index is 0.0761. The molecule has 21 heavy (non-hydrogen) atoms. The third-order valence-electron chi connectivity index (χ3n) is 3.79. The number of hydrogen-bond donors (Lipinski definition) is 0. The first-order valence-electron chi connectivity index (χ1n) is 7.11. The third kappa shape index (κ3) is 4.82. The van der Waals surface area contributed by atoms with Crippen molar-refractivity contribution in [3.8, 4) is 0 Å². The van der Waals surface area contributed by atoms with Crippen LogP contribution in [0.2, 0.25) is 0 Å². The molecule has 0 amide bonds. The number of hydrogen-bond acceptors (Lipinski definition) is 5. The molecule has 0 N–H and O–H groups in total. The van der Waals surface area contributed by atoms with Crippen molar-refractivity contribution < 1.29 is 13.2 Å². The van der Waals surface area contributed by atoms with Crippen molar-refractivity contribution in [3.63, 3.8) is 0 Å². The summed E-state index contributed by atoms with van der Waals surface area (Å²) in [6.07, 6.45) is 1.28. The molecule has 5 nitrogen and oxygen atoms in total. The van der Waals surface area contributed by atoms with Crippen LogP contribution in [0, 0.1) is 0 Å². The van der Waals surface area contributed by atoms with Gasteiger partial charge in [0, 0.05) is 50.2 Å². The standard InChI is InChI=1S/C15H22N2O3S/c1-13(18)14-3-5-15(6-4-14)17-9-7-16(8-10-17)11-12-21(2,19)20/h3-6H,7-12H2,1-2H3. The molecule has 1 fully saturated rings. The predicted molar refractivity (Wildman–Crippen MR) is 84.8 cm³/mol. The maximum atomic E-state index is 11.3. The fourth-order valence-corrected chi connectivity index (χ4v) is 3.02. The maximum absolute atomic E-state index is 11.3. The van der Waals surface area contributed by atoms with E-state index in [1.54, 1.807) is 6.92 Å². The quantitative estimate of drug-likeness (QED) is 0.761. The summed E-state index contributed by atoms with van der Waals surface area (Å²) in [5, 5.41) is 0. The lowest BCUT2D eigenvalue weighted by Gasteiger charge is -2.36. The van der Waals surface area contributed by atoms with E-state index in [9.17, 15) is 13.2 Å². The van der Waals surface area contributed by atoms with Gasteiger partial charge >= 0.3 is 0 Å². The van der Waals surface area contributed by atoms with Gasteiger partial charge < -0.3 is 4.90 Å². The summed E-state index contributed by atoms with van der Waals surface area (Å²) in [4.78, 5) is 15.7. The third-order valence-corrected chi connectivity index (χ3v) is 4.71. The molecule has 0 bridgehead atoms. The lowest BCUT2D eigenvalue weighted by atomic mass is 10.1. The Hall–Kier alpha value is -1.40. The van der Waals surface area contributed by atoms with Gasteiger partial charge in [-0.1, -0.05) is 0 Å². The van der Waals surface area contributed by atoms with Gasteiger partial charge in [-0.25, -0.2) is 8.42 Å². The molecule has 1 saturated heterocycles. The number of benzene rings is 1. The highest BCUT2D eigenvalue weighted by Crippen LogP contribution is 2.17. The van der Waals surface area contributed by atoms with Crippen molar-refractivity contribution in [3.05, 3.63) is 29.8 Å². The van der Waals surface area contributed by atoms with Crippen LogP contribution in [0.25, 0.3) is 0 Å². The van der Waals surface area contributed by atoms with Crippen LogP contribution in [0.1, 0.15) is 17.3 Å². The minimum atomic E-state index is -2.89. The molecule has 0 radical (unpaired) electrons. The van der Waals surface area contributed by atoms with E-state index >= 15 is 0 Å². The topological polar surface area (TPSA) is 57.7 Å². The Morgan fingerprint density at radius 3 is 2.14 bits per heavy atom. The van der Waals surface area contributed by atoms with E-state index in [0.29, 0.717) is 6.54 Å². The first-order chi connectivity index (χ1) is 9.85. The van der Waals surface area contributed by atoms with Crippen LogP contribution in [0.3, 0.4) is 0 Å². The zero-order chi connectivity index (χ0) is 15.5. The lowest BCUT2D eigenvalue weighted by molar-refractivity contribution is 0.101. The van der Waals surface area contributed by atoms with E-state index in [1.165, 1.54) is 6.26 Å². The molecule has 1 aliphatic heterocycles. The molecule has 0 unspecified atom stereocenters. The van der Waals surface area contributed by atoms with Crippen molar-refractivity contribution in [2.24, 2.45) is 0 Å². The van der Waals surface area contributed by atoms with E-state index in [1.807, 2.05) is 24.3 Å². The van der Waals surface area contributed by atoms with Crippen LogP contribution in [0.4, 0.5) is 5.69 Å². The van der Waals surface area contributed by atoms with Crippen LogP contribution < -0.4 is 4.90 Å². The van der Waals surface area contributed by atoms with Crippen molar-refractivity contribution in [2.75, 3.05) is 49.6 Å². The first-order valence-corrected chi connectivity index (χ1v) is 9.17. The number of carbonyl (C=O) groups is 1. The second-order valence-corrected chi connectivity index (χ2v) is 7.82. The van der Waals surface area contributed by atoms with Gasteiger partial charge in [-0.15, -0.1) is 0 Å². The average molecular weight is 310 g/mol. The van der Waals surface area contributed by atoms with Crippen LogP contribution in [-0.2, 0) is 9.84 Å². The molecule has 2 rings (SSSR count). The lowest BCUT2D eigenvalue weighted by Crippen LogP contribution is -2.47. The molecular formula is C15H22N2O3S. The van der Waals surface area contributed by atoms with Crippen LogP contribution in [0.5, 0.6) is 0 Å². The Bertz CT molecular complexity index is 588. The van der Waals surface area contributed by atoms with E-state index in [-0.39, 0.29) is 11.5 Å². The highest BCUT2D eigenvalue weighted by atomic mass is 32.2. The summed E-state index contributed by atoms with van der Waals surface area (Å²) in [7, 11) is -2.89. The number of rotatable bonds is 5. The van der Waals surface area contributed by atoms with Gasteiger partial charge in [-0.3, -0.25) is 9.69 Å². The van der Waals surface area contributed by atoms with Crippen molar-refractivity contribution in [1.29, 1.82) is 0 Å². The summed E-state index contributed by atoms with van der Waals surface area (Å²) in [6, 6.07) is 7.66. The summed E-state index contributed by atoms with van der Waals surface area (Å²) in [6.45, 7) is 5.66. The Kier molecular flexibility index (Phi) is 5.00. The molecule has 0 saturated carbocycles. The van der Waals surface area contributed by atoms with Crippen molar-refractivity contribution in [1.82, 2.24) is 4.90 Å². The van der Waals surface area contributed by atoms with Gasteiger partial charge in [0.2, 0.25) is 0 Å². The molecule has 6 heteroatoms. The van der Waals surface area contributed by atoms with Gasteiger partial charge in [0.1, 0.15) is 9.84 Å². The smallest absolute Gasteiger partial charge is 0.159 e. The van der Waals surface area contributed by atoms with Crippen LogP contribution in [-0.4, -0.2) is 63.8 Å². The molecule has 1 aromatic carbocycles. The second-order valence-electron chi connectivity index (χ2n) is 5.56. The van der Waals surface area contributed by atoms with Gasteiger partial charge in [-0.05, 0) is 31.2 Å². The van der Waals surface area contributed by atoms with E-state index in [2.05, 4.69) is 9.80 Å². The summed E-state index contributed by atoms with van der Waals surface area (Å²) in [5.74, 6) is 0.299. The SMILES string of the molecule is CC(=O)c1ccc(N2CCN(CCS(C)(=O)=O)CC2)cc1. The van der Waals surface area contributed by atoms with E-state index in [4.69, 9.17) is 0 Å². The maximum Gasteiger partial charge on any atom is 0.159 e. The Labute approximate surface area is 126 Å². The summed E-state index contributed by atoms with van der Waals surface area (Å²) >= 11 is 0. The van der Waals surface area contributed by atoms with Crippen LogP contribution in [0.15, 0.2) is 24.3 Å². The van der Waals surface area contributed by atoms with Crippen molar-refractivity contribution in [2.45, 2.75) is 6.92 Å². The van der Waals surface area contributed by atoms with Gasteiger partial charge in [0.25, 0.3) is 0 Å². The number of ketones is 1. The Balaban J connectivity index is 1.87. The first kappa shape index (κ1) is 16.0. The number of nitrogens with zero attached hydrogens (tertiary/aromatic N) is 2. The summed E-state index contributed by atoms with van der Waals surface area (Å²) in [5.41, 5.74) is 1.84. The predicted octanol–water partition coefficient (Wildman–Crippen LogP) is 1.06. The minimum Gasteiger partial charge on any atom is -0.369 e. The highest BCUT2D eigenvalue weighted by molar-refractivity contribution is 7.90. The zero-order valence-corrected chi connectivity index (χ0v) is 13.4. The zero-order valence-electron chi connectivity index (χ0n) is 12.6. The second kappa shape index (κ2) is 6.58. The molecule has 1 aliphatic rings. The molecular weight excluding hydrogens is 288 g/mol. The fourth-order valence-electron chi connectivity index (χ4n) is 2.43. The van der Waals surface area contributed by atoms with Crippen LogP contribution >= 0.6 is 0 Å². The molecule has 0 spiro atoms.